The van der Waals surface area contributed by atoms with Crippen LogP contribution in [-0.4, -0.2) is 55.1 Å². The Bertz CT molecular complexity index is 1060. The maximum Gasteiger partial charge on any atom is 0.261 e. The average molecular weight is 417 g/mol. The Morgan fingerprint density at radius 3 is 2.59 bits per heavy atom. The number of thiophene rings is 1. The van der Waals surface area contributed by atoms with Crippen molar-refractivity contribution in [3.8, 4) is 11.5 Å². The van der Waals surface area contributed by atoms with E-state index >= 15 is 0 Å². The van der Waals surface area contributed by atoms with Gasteiger partial charge in [-0.3, -0.25) is 9.59 Å². The van der Waals surface area contributed by atoms with Crippen LogP contribution >= 0.6 is 11.3 Å². The van der Waals surface area contributed by atoms with Gasteiger partial charge in [0.05, 0.1) is 30.5 Å². The molecule has 0 atom stereocenters. The van der Waals surface area contributed by atoms with E-state index in [9.17, 15) is 9.59 Å². The van der Waals surface area contributed by atoms with Crippen LogP contribution in [0.2, 0.25) is 0 Å². The summed E-state index contributed by atoms with van der Waals surface area (Å²) < 4.78 is 10.7. The van der Waals surface area contributed by atoms with E-state index in [2.05, 4.69) is 15.3 Å². The fourth-order valence-electron chi connectivity index (χ4n) is 2.87. The molecule has 2 N–H and O–H groups in total. The summed E-state index contributed by atoms with van der Waals surface area (Å²) >= 11 is 1.23. The molecule has 29 heavy (non-hydrogen) atoms. The molecule has 0 saturated heterocycles. The molecule has 3 rings (SSSR count). The van der Waals surface area contributed by atoms with Gasteiger partial charge in [-0.2, -0.15) is 0 Å². The number of benzene rings is 1. The third kappa shape index (κ3) is 4.93. The summed E-state index contributed by atoms with van der Waals surface area (Å²) in [5, 5.41) is 3.30. The second kappa shape index (κ2) is 9.06. The third-order valence-corrected chi connectivity index (χ3v) is 5.42. The van der Waals surface area contributed by atoms with E-state index in [0.717, 1.165) is 5.75 Å². The van der Waals surface area contributed by atoms with Gasteiger partial charge in [0.2, 0.25) is 0 Å². The summed E-state index contributed by atoms with van der Waals surface area (Å²) in [7, 11) is 5.40. The molecular weight excluding hydrogens is 392 g/mol. The normalized spacial score (nSPS) is 11.1. The van der Waals surface area contributed by atoms with Gasteiger partial charge in [-0.1, -0.05) is 0 Å². The third-order valence-electron chi connectivity index (χ3n) is 4.24. The van der Waals surface area contributed by atoms with Crippen LogP contribution in [0.4, 0.5) is 0 Å². The average Bonchev–Trinajstić information content (AvgIpc) is 3.02. The molecule has 2 heterocycles. The molecule has 0 unspecified atom stereocenters. The molecule has 0 aliphatic heterocycles. The predicted molar refractivity (Wildman–Crippen MR) is 113 cm³/mol. The summed E-state index contributed by atoms with van der Waals surface area (Å²) in [6, 6.07) is 7.23. The van der Waals surface area contributed by atoms with Gasteiger partial charge in [-0.15, -0.1) is 11.3 Å². The topological polar surface area (TPSA) is 96.6 Å². The molecule has 2 aromatic heterocycles. The zero-order valence-electron chi connectivity index (χ0n) is 16.9. The predicted octanol–water partition coefficient (Wildman–Crippen LogP) is 2.17. The van der Waals surface area contributed by atoms with Crippen molar-refractivity contribution in [2.24, 2.45) is 0 Å². The summed E-state index contributed by atoms with van der Waals surface area (Å²) in [5.41, 5.74) is 0.422. The molecular formula is C20H24N4O4S. The number of aromatic amines is 1. The molecule has 1 amide bonds. The minimum Gasteiger partial charge on any atom is -0.497 e. The van der Waals surface area contributed by atoms with Crippen LogP contribution in [0.5, 0.6) is 11.5 Å². The molecule has 3 aromatic rings. The highest BCUT2D eigenvalue weighted by atomic mass is 32.1. The number of nitrogens with zero attached hydrogens (tertiary/aromatic N) is 2. The monoisotopic (exact) mass is 416 g/mol. The van der Waals surface area contributed by atoms with Crippen LogP contribution in [0.1, 0.15) is 21.1 Å². The van der Waals surface area contributed by atoms with E-state index in [1.807, 2.05) is 31.1 Å². The maximum atomic E-state index is 12.6. The number of methoxy groups -OCH3 is 1. The van der Waals surface area contributed by atoms with Crippen molar-refractivity contribution in [1.82, 2.24) is 20.2 Å². The molecule has 0 spiro atoms. The van der Waals surface area contributed by atoms with E-state index in [0.29, 0.717) is 51.9 Å². The minimum absolute atomic E-state index is 0.220. The smallest absolute Gasteiger partial charge is 0.261 e. The summed E-state index contributed by atoms with van der Waals surface area (Å²) in [6.07, 6.45) is 0. The number of amides is 1. The van der Waals surface area contributed by atoms with Crippen LogP contribution < -0.4 is 20.3 Å². The summed E-state index contributed by atoms with van der Waals surface area (Å²) in [6.45, 7) is 2.96. The number of nitrogens with one attached hydrogen (secondary N) is 2. The number of carbonyl (C=O) groups is 1. The largest absolute Gasteiger partial charge is 0.497 e. The number of hydrogen-bond acceptors (Lipinski definition) is 7. The summed E-state index contributed by atoms with van der Waals surface area (Å²) in [4.78, 5) is 35.3. The van der Waals surface area contributed by atoms with Crippen molar-refractivity contribution in [2.45, 2.75) is 13.5 Å². The fraction of sp³-hybridized carbons (Fsp3) is 0.350. The lowest BCUT2D eigenvalue weighted by atomic mass is 10.2. The number of hydrogen-bond donors (Lipinski definition) is 2. The van der Waals surface area contributed by atoms with E-state index in [1.54, 1.807) is 26.2 Å². The van der Waals surface area contributed by atoms with Gasteiger partial charge in [-0.25, -0.2) is 4.98 Å². The Morgan fingerprint density at radius 1 is 1.24 bits per heavy atom. The lowest BCUT2D eigenvalue weighted by Gasteiger charge is -2.08. The molecule has 0 radical (unpaired) electrons. The Hall–Kier alpha value is -2.91. The van der Waals surface area contributed by atoms with Crippen LogP contribution in [0, 0.1) is 6.92 Å². The molecule has 0 fully saturated rings. The second-order valence-electron chi connectivity index (χ2n) is 6.77. The van der Waals surface area contributed by atoms with E-state index in [1.165, 1.54) is 11.3 Å². The highest BCUT2D eigenvalue weighted by Gasteiger charge is 2.19. The molecule has 8 nitrogen and oxygen atoms in total. The first-order valence-electron chi connectivity index (χ1n) is 9.11. The number of aromatic nitrogens is 2. The molecule has 1 aromatic carbocycles. The molecule has 154 valence electrons. The Kier molecular flexibility index (Phi) is 6.50. The minimum atomic E-state index is -0.239. The Labute approximate surface area is 172 Å². The van der Waals surface area contributed by atoms with Gasteiger partial charge in [-0.05, 0) is 50.8 Å². The van der Waals surface area contributed by atoms with Crippen molar-refractivity contribution in [3.05, 3.63) is 50.9 Å². The van der Waals surface area contributed by atoms with Crippen molar-refractivity contribution in [2.75, 3.05) is 34.4 Å². The molecule has 9 heteroatoms. The van der Waals surface area contributed by atoms with Gasteiger partial charge in [0, 0.05) is 0 Å². The lowest BCUT2D eigenvalue weighted by Crippen LogP contribution is -2.28. The van der Waals surface area contributed by atoms with Crippen LogP contribution in [0.15, 0.2) is 29.1 Å². The number of rotatable bonds is 8. The quantitative estimate of drug-likeness (QED) is 0.547. The van der Waals surface area contributed by atoms with Crippen molar-refractivity contribution in [1.29, 1.82) is 0 Å². The number of fused-ring (bicyclic) bond motifs is 1. The fourth-order valence-corrected chi connectivity index (χ4v) is 3.98. The Balaban J connectivity index is 1.64. The Morgan fingerprint density at radius 2 is 1.93 bits per heavy atom. The van der Waals surface area contributed by atoms with Crippen LogP contribution in [0.25, 0.3) is 10.2 Å². The lowest BCUT2D eigenvalue weighted by molar-refractivity contribution is 0.0950. The molecule has 0 saturated carbocycles. The van der Waals surface area contributed by atoms with Gasteiger partial charge < -0.3 is 24.7 Å². The molecule has 0 bridgehead atoms. The molecule has 0 aliphatic rings. The van der Waals surface area contributed by atoms with Crippen LogP contribution in [0.3, 0.4) is 0 Å². The van der Waals surface area contributed by atoms with Crippen LogP contribution in [-0.2, 0) is 6.54 Å². The molecule has 0 aliphatic carbocycles. The first kappa shape index (κ1) is 20.8. The highest BCUT2D eigenvalue weighted by Crippen LogP contribution is 2.27. The number of ether oxygens (including phenoxy) is 2. The van der Waals surface area contributed by atoms with Gasteiger partial charge in [0.1, 0.15) is 28.8 Å². The van der Waals surface area contributed by atoms with Gasteiger partial charge >= 0.3 is 0 Å². The maximum absolute atomic E-state index is 12.6. The first-order valence-corrected chi connectivity index (χ1v) is 9.92. The van der Waals surface area contributed by atoms with E-state index in [-0.39, 0.29) is 11.5 Å². The SMILES string of the molecule is COc1ccc(OCCNC(=O)c2sc3nc(CN(C)C)[nH]c(=O)c3c2C)cc1. The van der Waals surface area contributed by atoms with Crippen molar-refractivity contribution in [3.63, 3.8) is 0 Å². The number of H-pyrrole nitrogens is 1. The highest BCUT2D eigenvalue weighted by molar-refractivity contribution is 7.20. The second-order valence-corrected chi connectivity index (χ2v) is 7.77. The van der Waals surface area contributed by atoms with Gasteiger partial charge in [0.15, 0.2) is 0 Å². The number of carbonyl (C=O) groups excluding carboxylic acids is 1. The van der Waals surface area contributed by atoms with Crippen molar-refractivity contribution < 1.29 is 14.3 Å². The number of aryl methyl sites for hydroxylation is 1. The van der Waals surface area contributed by atoms with E-state index < -0.39 is 0 Å². The van der Waals surface area contributed by atoms with Gasteiger partial charge in [0.25, 0.3) is 11.5 Å². The summed E-state index contributed by atoms with van der Waals surface area (Å²) in [5.74, 6) is 1.79. The van der Waals surface area contributed by atoms with Crippen molar-refractivity contribution >= 4 is 27.5 Å². The van der Waals surface area contributed by atoms with E-state index in [4.69, 9.17) is 9.47 Å². The first-order chi connectivity index (χ1) is 13.9. The standard InChI is InChI=1S/C20H24N4O4S/c1-12-16-18(25)22-15(11-24(2)3)23-20(16)29-17(12)19(26)21-9-10-28-14-7-5-13(27-4)6-8-14/h5-8H,9-11H2,1-4H3,(H,21,26)(H,22,23,25). The zero-order valence-corrected chi connectivity index (χ0v) is 17.7. The zero-order chi connectivity index (χ0) is 21.0.